The van der Waals surface area contributed by atoms with E-state index in [0.29, 0.717) is 24.1 Å². The van der Waals surface area contributed by atoms with Crippen LogP contribution in [0.15, 0.2) is 59.5 Å². The summed E-state index contributed by atoms with van der Waals surface area (Å²) in [4.78, 5) is 24.5. The Morgan fingerprint density at radius 2 is 1.45 bits per heavy atom. The van der Waals surface area contributed by atoms with E-state index >= 15 is 0 Å². The number of benzene rings is 2. The Bertz CT molecular complexity index is 798. The third-order valence-electron chi connectivity index (χ3n) is 5.02. The van der Waals surface area contributed by atoms with Gasteiger partial charge in [-0.2, -0.15) is 0 Å². The van der Waals surface area contributed by atoms with Crippen molar-refractivity contribution < 1.29 is 14.7 Å². The Kier molecular flexibility index (Phi) is 9.22. The molecule has 2 aromatic rings. The summed E-state index contributed by atoms with van der Waals surface area (Å²) in [5.74, 6) is -0.987. The van der Waals surface area contributed by atoms with E-state index < -0.39 is 11.5 Å². The fraction of sp³-hybridized carbons (Fsp3) is 0.391. The number of rotatable bonds is 12. The molecule has 0 amide bonds. The molecule has 0 aliphatic carbocycles. The lowest BCUT2D eigenvalue weighted by molar-refractivity contribution is -0.144. The summed E-state index contributed by atoms with van der Waals surface area (Å²) < 4.78 is 0. The second-order valence-corrected chi connectivity index (χ2v) is 8.38. The number of carbonyl (C=O) groups excluding carboxylic acids is 1. The quantitative estimate of drug-likeness (QED) is 0.258. The molecule has 5 nitrogen and oxygen atoms in total. The van der Waals surface area contributed by atoms with Crippen LogP contribution >= 0.6 is 11.8 Å². The number of carbonyl (C=O) groups is 2. The van der Waals surface area contributed by atoms with E-state index in [9.17, 15) is 14.7 Å². The van der Waals surface area contributed by atoms with E-state index in [1.807, 2.05) is 36.4 Å². The smallest absolute Gasteiger partial charge is 0.328 e. The molecule has 5 N–H and O–H groups in total. The SMILES string of the molecule is Nc1ccccc1SC(=O)CCCCCCCCC(N)(C(=O)O)c1ccccc1. The first-order chi connectivity index (χ1) is 13.9. The maximum Gasteiger partial charge on any atom is 0.328 e. The summed E-state index contributed by atoms with van der Waals surface area (Å²) in [6.45, 7) is 0. The van der Waals surface area contributed by atoms with E-state index in [1.165, 1.54) is 11.8 Å². The fourth-order valence-electron chi connectivity index (χ4n) is 3.24. The minimum Gasteiger partial charge on any atom is -0.480 e. The summed E-state index contributed by atoms with van der Waals surface area (Å²) in [6.07, 6.45) is 6.54. The third-order valence-corrected chi connectivity index (χ3v) is 6.04. The standard InChI is InChI=1S/C23H30N2O3S/c24-19-14-9-10-15-20(19)29-21(26)16-8-3-1-2-4-11-17-23(25,22(27)28)18-12-6-5-7-13-18/h5-7,9-10,12-15H,1-4,8,11,16-17,24-25H2,(H,27,28). The molecule has 1 unspecified atom stereocenters. The number of thioether (sulfide) groups is 1. The number of carboxylic acids is 1. The number of unbranched alkanes of at least 4 members (excludes halogenated alkanes) is 5. The average Bonchev–Trinajstić information content (AvgIpc) is 2.72. The van der Waals surface area contributed by atoms with Crippen LogP contribution in [-0.4, -0.2) is 16.2 Å². The van der Waals surface area contributed by atoms with Crippen molar-refractivity contribution >= 4 is 28.5 Å². The van der Waals surface area contributed by atoms with Crippen molar-refractivity contribution in [3.63, 3.8) is 0 Å². The number of anilines is 1. The molecule has 0 aromatic heterocycles. The molecule has 0 aliphatic rings. The first-order valence-electron chi connectivity index (χ1n) is 10.1. The van der Waals surface area contributed by atoms with Crippen molar-refractivity contribution in [3.8, 4) is 0 Å². The Hall–Kier alpha value is -2.31. The van der Waals surface area contributed by atoms with E-state index in [0.717, 1.165) is 43.4 Å². The van der Waals surface area contributed by atoms with Crippen LogP contribution in [0.5, 0.6) is 0 Å². The van der Waals surface area contributed by atoms with Gasteiger partial charge in [-0.15, -0.1) is 0 Å². The highest BCUT2D eigenvalue weighted by atomic mass is 32.2. The minimum absolute atomic E-state index is 0.139. The Labute approximate surface area is 176 Å². The lowest BCUT2D eigenvalue weighted by Gasteiger charge is -2.25. The molecular formula is C23H30N2O3S. The summed E-state index contributed by atoms with van der Waals surface area (Å²) in [7, 11) is 0. The predicted molar refractivity (Wildman–Crippen MR) is 119 cm³/mol. The molecule has 0 fully saturated rings. The van der Waals surface area contributed by atoms with Crippen molar-refractivity contribution in [2.45, 2.75) is 61.8 Å². The molecular weight excluding hydrogens is 384 g/mol. The number of nitrogen functional groups attached to an aromatic ring is 1. The van der Waals surface area contributed by atoms with Gasteiger partial charge in [-0.3, -0.25) is 4.79 Å². The van der Waals surface area contributed by atoms with Gasteiger partial charge in [0.2, 0.25) is 0 Å². The van der Waals surface area contributed by atoms with Crippen LogP contribution in [0.2, 0.25) is 0 Å². The molecule has 0 saturated carbocycles. The highest BCUT2D eigenvalue weighted by molar-refractivity contribution is 8.13. The van der Waals surface area contributed by atoms with E-state index in [1.54, 1.807) is 18.2 Å². The van der Waals surface area contributed by atoms with Gasteiger partial charge in [0.1, 0.15) is 5.54 Å². The van der Waals surface area contributed by atoms with Crippen LogP contribution in [0.25, 0.3) is 0 Å². The van der Waals surface area contributed by atoms with Crippen LogP contribution in [-0.2, 0) is 15.1 Å². The van der Waals surface area contributed by atoms with Crippen LogP contribution in [0.4, 0.5) is 5.69 Å². The Morgan fingerprint density at radius 1 is 0.862 bits per heavy atom. The van der Waals surface area contributed by atoms with Crippen LogP contribution in [0.1, 0.15) is 56.9 Å². The number of hydrogen-bond acceptors (Lipinski definition) is 5. The van der Waals surface area contributed by atoms with Gasteiger partial charge in [0.15, 0.2) is 5.12 Å². The second-order valence-electron chi connectivity index (χ2n) is 7.28. The predicted octanol–water partition coefficient (Wildman–Crippen LogP) is 4.95. The van der Waals surface area contributed by atoms with E-state index in [4.69, 9.17) is 11.5 Å². The molecule has 2 aromatic carbocycles. The van der Waals surface area contributed by atoms with Gasteiger partial charge < -0.3 is 16.6 Å². The zero-order valence-corrected chi connectivity index (χ0v) is 17.5. The number of hydrogen-bond donors (Lipinski definition) is 3. The molecule has 0 radical (unpaired) electrons. The Morgan fingerprint density at radius 3 is 2.10 bits per heavy atom. The van der Waals surface area contributed by atoms with Crippen LogP contribution in [0, 0.1) is 0 Å². The number of aliphatic carboxylic acids is 1. The van der Waals surface area contributed by atoms with Gasteiger partial charge in [-0.05, 0) is 42.3 Å². The zero-order chi connectivity index (χ0) is 21.1. The van der Waals surface area contributed by atoms with Crippen molar-refractivity contribution in [3.05, 3.63) is 60.2 Å². The van der Waals surface area contributed by atoms with Crippen LogP contribution in [0.3, 0.4) is 0 Å². The molecule has 2 rings (SSSR count). The van der Waals surface area contributed by atoms with E-state index in [2.05, 4.69) is 0 Å². The Balaban J connectivity index is 1.60. The number of para-hydroxylation sites is 1. The zero-order valence-electron chi connectivity index (χ0n) is 16.7. The normalized spacial score (nSPS) is 13.0. The van der Waals surface area contributed by atoms with Gasteiger partial charge in [0.25, 0.3) is 0 Å². The molecule has 6 heteroatoms. The topological polar surface area (TPSA) is 106 Å². The lowest BCUT2D eigenvalue weighted by atomic mass is 9.85. The van der Waals surface area contributed by atoms with Gasteiger partial charge in [-0.25, -0.2) is 4.79 Å². The maximum atomic E-state index is 12.0. The fourth-order valence-corrected chi connectivity index (χ4v) is 4.06. The molecule has 156 valence electrons. The van der Waals surface area contributed by atoms with Crippen molar-refractivity contribution in [1.29, 1.82) is 0 Å². The van der Waals surface area contributed by atoms with Gasteiger partial charge in [0.05, 0.1) is 0 Å². The van der Waals surface area contributed by atoms with Crippen molar-refractivity contribution in [2.24, 2.45) is 5.73 Å². The highest BCUT2D eigenvalue weighted by Gasteiger charge is 2.35. The van der Waals surface area contributed by atoms with Crippen molar-refractivity contribution in [1.82, 2.24) is 0 Å². The molecule has 0 spiro atoms. The molecule has 1 atom stereocenters. The number of carboxylic acid groups (broad SMARTS) is 1. The molecule has 0 heterocycles. The first kappa shape index (κ1) is 23.0. The minimum atomic E-state index is -1.33. The summed E-state index contributed by atoms with van der Waals surface area (Å²) in [5, 5.41) is 9.71. The van der Waals surface area contributed by atoms with Gasteiger partial charge in [-0.1, -0.05) is 74.6 Å². The molecule has 29 heavy (non-hydrogen) atoms. The number of nitrogens with two attached hydrogens (primary N) is 2. The average molecular weight is 415 g/mol. The third kappa shape index (κ3) is 7.22. The monoisotopic (exact) mass is 414 g/mol. The van der Waals surface area contributed by atoms with E-state index in [-0.39, 0.29) is 5.12 Å². The van der Waals surface area contributed by atoms with Gasteiger partial charge in [0, 0.05) is 17.0 Å². The van der Waals surface area contributed by atoms with Crippen molar-refractivity contribution in [2.75, 3.05) is 5.73 Å². The summed E-state index contributed by atoms with van der Waals surface area (Å²) in [6, 6.07) is 16.4. The maximum absolute atomic E-state index is 12.0. The first-order valence-corrected chi connectivity index (χ1v) is 10.9. The summed E-state index contributed by atoms with van der Waals surface area (Å²) in [5.41, 5.74) is 12.0. The second kappa shape index (κ2) is 11.6. The largest absolute Gasteiger partial charge is 0.480 e. The molecule has 0 aliphatic heterocycles. The highest BCUT2D eigenvalue weighted by Crippen LogP contribution is 2.27. The molecule has 0 saturated heterocycles. The van der Waals surface area contributed by atoms with Crippen LogP contribution < -0.4 is 11.5 Å². The lowest BCUT2D eigenvalue weighted by Crippen LogP contribution is -2.44. The van der Waals surface area contributed by atoms with Gasteiger partial charge >= 0.3 is 5.97 Å². The molecule has 0 bridgehead atoms. The summed E-state index contributed by atoms with van der Waals surface area (Å²) >= 11 is 1.21.